The second-order valence-electron chi connectivity index (χ2n) is 26.2. The van der Waals surface area contributed by atoms with Crippen LogP contribution in [-0.2, 0) is 38.7 Å². The maximum atomic E-state index is 14.4. The number of fused-ring (bicyclic) bond motifs is 4. The van der Waals surface area contributed by atoms with Crippen LogP contribution in [0.25, 0.3) is 33.6 Å². The minimum absolute atomic E-state index is 0.147. The molecule has 15 nitrogen and oxygen atoms in total. The third kappa shape index (κ3) is 11.8. The van der Waals surface area contributed by atoms with Crippen molar-refractivity contribution in [2.45, 2.75) is 73.5 Å². The Morgan fingerprint density at radius 1 is 0.495 bits per heavy atom. The van der Waals surface area contributed by atoms with Crippen LogP contribution < -0.4 is 9.80 Å². The SMILES string of the molecule is CC(C)(C)OC(=O)N1CCC(S(=O)(=O)c2ccc(-c3cnc4c(n3)c(N3Cc5cccc(Cl)c5C3=O)cn4C(c3ccccc3)(c3ccccc3)c3ccccc3)cc2)CC1.O=C1c2c(Cl)cccc2CN1c1cn(C(c2ccccc2)(c2ccccc2)c2ccccc2)c2ncc(Br)nc12. The number of hydrogen-bond acceptors (Lipinski definition) is 10. The van der Waals surface area contributed by atoms with Crippen molar-refractivity contribution in [2.75, 3.05) is 22.9 Å². The molecule has 0 radical (unpaired) electrons. The van der Waals surface area contributed by atoms with Crippen LogP contribution in [0.3, 0.4) is 0 Å². The fraction of sp³-hybridized carbons (Fsp3) is 0.159. The second kappa shape index (κ2) is 26.8. The predicted molar refractivity (Wildman–Crippen MR) is 399 cm³/mol. The molecule has 0 N–H and O–H groups in total. The molecule has 19 heteroatoms. The molecule has 3 aliphatic heterocycles. The highest BCUT2D eigenvalue weighted by Gasteiger charge is 2.45. The lowest BCUT2D eigenvalue weighted by Gasteiger charge is -2.38. The summed E-state index contributed by atoms with van der Waals surface area (Å²) in [6.45, 7) is 6.71. The summed E-state index contributed by atoms with van der Waals surface area (Å²) < 4.78 is 38.2. The van der Waals surface area contributed by atoms with E-state index in [1.54, 1.807) is 63.5 Å². The van der Waals surface area contributed by atoms with Crippen LogP contribution in [0.1, 0.15) is 98.8 Å². The van der Waals surface area contributed by atoms with Crippen molar-refractivity contribution in [2.24, 2.45) is 0 Å². The van der Waals surface area contributed by atoms with Crippen LogP contribution in [-0.4, -0.2) is 84.2 Å². The zero-order chi connectivity index (χ0) is 69.8. The van der Waals surface area contributed by atoms with Crippen LogP contribution in [0.15, 0.2) is 277 Å². The molecule has 502 valence electrons. The number of carbonyl (C=O) groups is 3. The summed E-state index contributed by atoms with van der Waals surface area (Å²) in [5.41, 5.74) is 11.1. The van der Waals surface area contributed by atoms with Gasteiger partial charge in [0.25, 0.3) is 11.8 Å². The first kappa shape index (κ1) is 66.3. The first-order valence-electron chi connectivity index (χ1n) is 33.2. The normalized spacial score (nSPS) is 14.3. The van der Waals surface area contributed by atoms with Crippen LogP contribution >= 0.6 is 39.1 Å². The van der Waals surface area contributed by atoms with Gasteiger partial charge in [-0.2, -0.15) is 0 Å². The van der Waals surface area contributed by atoms with E-state index in [9.17, 15) is 22.8 Å². The molecule has 13 aromatic rings. The zero-order valence-corrected chi connectivity index (χ0v) is 59.2. The van der Waals surface area contributed by atoms with Gasteiger partial charge in [-0.1, -0.05) is 242 Å². The van der Waals surface area contributed by atoms with E-state index in [4.69, 9.17) is 47.9 Å². The molecule has 1 fully saturated rings. The Bertz CT molecular complexity index is 5220. The number of hydrogen-bond donors (Lipinski definition) is 0. The number of nitrogens with zero attached hydrogens (tertiary/aromatic N) is 9. The lowest BCUT2D eigenvalue weighted by molar-refractivity contribution is 0.0217. The quantitative estimate of drug-likeness (QED) is 0.101. The fourth-order valence-electron chi connectivity index (χ4n) is 14.6. The Morgan fingerprint density at radius 2 is 0.871 bits per heavy atom. The molecule has 101 heavy (non-hydrogen) atoms. The molecule has 16 rings (SSSR count). The zero-order valence-electron chi connectivity index (χ0n) is 55.2. The monoisotopic (exact) mass is 1450 g/mol. The molecule has 3 aliphatic rings. The summed E-state index contributed by atoms with van der Waals surface area (Å²) in [6, 6.07) is 79.6. The van der Waals surface area contributed by atoms with Crippen LogP contribution in [0.2, 0.25) is 10.0 Å². The van der Waals surface area contributed by atoms with Crippen molar-refractivity contribution in [1.29, 1.82) is 0 Å². The molecule has 0 unspecified atom stereocenters. The van der Waals surface area contributed by atoms with Gasteiger partial charge in [-0.05, 0) is 118 Å². The minimum Gasteiger partial charge on any atom is -0.444 e. The van der Waals surface area contributed by atoms with Crippen LogP contribution in [0.4, 0.5) is 16.2 Å². The van der Waals surface area contributed by atoms with Crippen molar-refractivity contribution >= 4 is 101 Å². The second-order valence-corrected chi connectivity index (χ2v) is 30.1. The molecule has 9 aromatic carbocycles. The number of aromatic nitrogens is 6. The third-order valence-corrected chi connectivity index (χ3v) is 22.5. The highest BCUT2D eigenvalue weighted by atomic mass is 79.9. The number of benzene rings is 9. The average Bonchev–Trinajstić information content (AvgIpc) is 1.63. The molecule has 0 spiro atoms. The van der Waals surface area contributed by atoms with Gasteiger partial charge in [0, 0.05) is 31.0 Å². The van der Waals surface area contributed by atoms with E-state index < -0.39 is 37.9 Å². The molecule has 0 atom stereocenters. The number of anilines is 2. The molecule has 4 aromatic heterocycles. The van der Waals surface area contributed by atoms with Gasteiger partial charge in [0.2, 0.25) is 0 Å². The van der Waals surface area contributed by atoms with Crippen LogP contribution in [0, 0.1) is 0 Å². The number of ether oxygens (including phenoxy) is 1. The van der Waals surface area contributed by atoms with Gasteiger partial charge >= 0.3 is 6.09 Å². The molecular formula is C82H66BrCl2N9O6S. The largest absolute Gasteiger partial charge is 0.444 e. The van der Waals surface area contributed by atoms with Crippen molar-refractivity contribution in [1.82, 2.24) is 34.0 Å². The Hall–Kier alpha value is -10.6. The first-order chi connectivity index (χ1) is 48.9. The summed E-state index contributed by atoms with van der Waals surface area (Å²) in [4.78, 5) is 66.2. The maximum absolute atomic E-state index is 14.4. The molecule has 0 aliphatic carbocycles. The van der Waals surface area contributed by atoms with E-state index in [1.165, 1.54) is 0 Å². The Kier molecular flexibility index (Phi) is 17.6. The first-order valence-corrected chi connectivity index (χ1v) is 36.3. The lowest BCUT2D eigenvalue weighted by Crippen LogP contribution is -2.44. The fourth-order valence-corrected chi connectivity index (χ4v) is 17.2. The van der Waals surface area contributed by atoms with E-state index in [0.29, 0.717) is 103 Å². The summed E-state index contributed by atoms with van der Waals surface area (Å²) in [5.74, 6) is -0.380. The molecule has 0 bridgehead atoms. The predicted octanol–water partition coefficient (Wildman–Crippen LogP) is 17.8. The summed E-state index contributed by atoms with van der Waals surface area (Å²) >= 11 is 16.7. The average molecular weight is 1460 g/mol. The molecular weight excluding hydrogens is 1390 g/mol. The highest BCUT2D eigenvalue weighted by Crippen LogP contribution is 2.49. The Balaban J connectivity index is 0.000000178. The number of likely N-dealkylation sites (tertiary alicyclic amines) is 1. The number of carbonyl (C=O) groups excluding carboxylic acids is 3. The van der Waals surface area contributed by atoms with Crippen molar-refractivity contribution in [3.8, 4) is 11.3 Å². The topological polar surface area (TPSA) is 166 Å². The van der Waals surface area contributed by atoms with Gasteiger partial charge in [0.05, 0.1) is 73.9 Å². The van der Waals surface area contributed by atoms with E-state index in [1.807, 2.05) is 167 Å². The van der Waals surface area contributed by atoms with E-state index >= 15 is 0 Å². The van der Waals surface area contributed by atoms with Gasteiger partial charge in [-0.25, -0.2) is 33.1 Å². The van der Waals surface area contributed by atoms with Crippen LogP contribution in [0.5, 0.6) is 0 Å². The maximum Gasteiger partial charge on any atom is 0.410 e. The van der Waals surface area contributed by atoms with Gasteiger partial charge in [0.1, 0.15) is 32.3 Å². The standard InChI is InChI=1S/C49H44ClN5O5S.C33H22BrClN4O/c1-48(2,3)60-47(57)53-28-26-39(27-29-53)61(58,59)38-24-22-33(23-25-38)41-30-51-45-44(52-41)42(54-31-34-14-13-21-40(50)43(34)46(54)56)32-55(45)49(35-15-7-4-8-16-35,36-17-9-5-10-18-36)37-19-11-6-12-20-37;34-28-19-36-31-30(37-28)27(38-20-22-11-10-18-26(35)29(22)32(38)40)21-39(31)33(23-12-4-1-5-13-23,24-14-6-2-7-15-24)25-16-8-3-9-17-25/h4-25,30,32,39H,26-29,31H2,1-3H3;1-19,21H,20H2. The molecule has 3 amide bonds. The molecule has 0 saturated carbocycles. The Morgan fingerprint density at radius 3 is 1.25 bits per heavy atom. The molecule has 1 saturated heterocycles. The van der Waals surface area contributed by atoms with Gasteiger partial charge < -0.3 is 28.6 Å². The number of halogens is 3. The third-order valence-electron chi connectivity index (χ3n) is 19.2. The summed E-state index contributed by atoms with van der Waals surface area (Å²) in [5, 5.41) is 0.204. The van der Waals surface area contributed by atoms with Gasteiger partial charge in [0.15, 0.2) is 21.1 Å². The van der Waals surface area contributed by atoms with E-state index in [0.717, 1.165) is 44.5 Å². The van der Waals surface area contributed by atoms with Crippen molar-refractivity contribution in [3.05, 3.63) is 338 Å². The van der Waals surface area contributed by atoms with Gasteiger partial charge in [-0.3, -0.25) is 9.59 Å². The summed E-state index contributed by atoms with van der Waals surface area (Å²) in [6.07, 6.45) is 7.58. The number of rotatable bonds is 13. The van der Waals surface area contributed by atoms with E-state index in [-0.39, 0.29) is 23.3 Å². The lowest BCUT2D eigenvalue weighted by atomic mass is 9.76. The Labute approximate surface area is 603 Å². The van der Waals surface area contributed by atoms with E-state index in [2.05, 4.69) is 97.9 Å². The summed E-state index contributed by atoms with van der Waals surface area (Å²) in [7, 11) is -3.70. The number of amides is 3. The highest BCUT2D eigenvalue weighted by molar-refractivity contribution is 9.10. The van der Waals surface area contributed by atoms with Gasteiger partial charge in [-0.15, -0.1) is 0 Å². The van der Waals surface area contributed by atoms with Crippen molar-refractivity contribution in [3.63, 3.8) is 0 Å². The minimum atomic E-state index is -3.70. The number of sulfone groups is 1. The number of piperidine rings is 1. The molecule has 7 heterocycles. The van der Waals surface area contributed by atoms with Crippen molar-refractivity contribution < 1.29 is 27.5 Å². The smallest absolute Gasteiger partial charge is 0.410 e.